The first-order valence-corrected chi connectivity index (χ1v) is 26.7. The van der Waals surface area contributed by atoms with Gasteiger partial charge in [-0.15, -0.1) is 0 Å². The average Bonchev–Trinajstić information content (AvgIpc) is 3.46. The van der Waals surface area contributed by atoms with Gasteiger partial charge in [-0.05, 0) is 134 Å². The first-order valence-electron chi connectivity index (χ1n) is 26.7. The van der Waals surface area contributed by atoms with Crippen molar-refractivity contribution in [3.05, 3.63) is 137 Å². The molecule has 3 aromatic carbocycles. The van der Waals surface area contributed by atoms with Crippen molar-refractivity contribution < 1.29 is 77.2 Å². The van der Waals surface area contributed by atoms with Gasteiger partial charge < -0.3 is 48.8 Å². The molecule has 1 fully saturated rings. The molecule has 15 nitrogen and oxygen atoms in total. The first-order chi connectivity index (χ1) is 37.3. The number of hydrogen-bond acceptors (Lipinski definition) is 15. The topological polar surface area (TPSA) is 222 Å². The fourth-order valence-electron chi connectivity index (χ4n) is 9.06. The molecule has 1 aliphatic rings. The number of aryl methyl sites for hydroxylation is 3. The molecule has 0 bridgehead atoms. The monoisotopic (exact) mass is 1080 g/mol. The van der Waals surface area contributed by atoms with Crippen molar-refractivity contribution in [1.82, 2.24) is 0 Å². The SMILES string of the molecule is C=C(C)C(=O)OCCCc1cc(-c2ccc(-c3ccc(C4CCC(CCCCC)CC4)cc3F)cc2CC)cc(CCCOC(=O)C(=C)CO)c1OCC(COC(=O)C(=C)CO)(COC(=O)C(=C)CO)COC(=O)C(=C)CO. The van der Waals surface area contributed by atoms with Gasteiger partial charge >= 0.3 is 29.8 Å². The Bertz CT molecular complexity index is 2540. The zero-order valence-electron chi connectivity index (χ0n) is 45.7. The molecule has 0 aliphatic heterocycles. The Hall–Kier alpha value is -6.72. The molecule has 1 aliphatic carbocycles. The number of aliphatic hydroxyl groups excluding tert-OH is 4. The fourth-order valence-corrected chi connectivity index (χ4v) is 9.06. The molecule has 0 unspecified atom stereocenters. The molecular formula is C62H79FO15. The highest BCUT2D eigenvalue weighted by molar-refractivity contribution is 5.89. The van der Waals surface area contributed by atoms with E-state index in [0.29, 0.717) is 34.6 Å². The van der Waals surface area contributed by atoms with E-state index >= 15 is 4.39 Å². The Morgan fingerprint density at radius 1 is 0.564 bits per heavy atom. The maximum atomic E-state index is 16.2. The van der Waals surface area contributed by atoms with Crippen molar-refractivity contribution in [3.8, 4) is 28.0 Å². The minimum atomic E-state index is -1.75. The Labute approximate surface area is 458 Å². The van der Waals surface area contributed by atoms with Gasteiger partial charge in [0.05, 0.1) is 61.9 Å². The van der Waals surface area contributed by atoms with Crippen LogP contribution in [-0.2, 0) is 66.9 Å². The van der Waals surface area contributed by atoms with E-state index < -0.39 is 88.1 Å². The normalized spacial score (nSPS) is 14.2. The third kappa shape index (κ3) is 19.0. The summed E-state index contributed by atoms with van der Waals surface area (Å²) in [6.07, 6.45) is 10.9. The number of hydrogen-bond donors (Lipinski definition) is 4. The van der Waals surface area contributed by atoms with E-state index in [4.69, 9.17) is 28.4 Å². The first kappa shape index (κ1) is 63.8. The zero-order chi connectivity index (χ0) is 57.4. The maximum absolute atomic E-state index is 16.2. The van der Waals surface area contributed by atoms with E-state index in [1.807, 2.05) is 43.3 Å². The minimum Gasteiger partial charge on any atom is -0.492 e. The summed E-state index contributed by atoms with van der Waals surface area (Å²) in [7, 11) is 0. The third-order valence-electron chi connectivity index (χ3n) is 13.8. The van der Waals surface area contributed by atoms with Crippen LogP contribution in [0.2, 0.25) is 0 Å². The summed E-state index contributed by atoms with van der Waals surface area (Å²) in [4.78, 5) is 64.0. The minimum absolute atomic E-state index is 0.0149. The highest BCUT2D eigenvalue weighted by Crippen LogP contribution is 2.41. The lowest BCUT2D eigenvalue weighted by atomic mass is 9.77. The lowest BCUT2D eigenvalue weighted by Crippen LogP contribution is -2.45. The van der Waals surface area contributed by atoms with Crippen molar-refractivity contribution in [2.75, 3.05) is 66.1 Å². The number of esters is 5. The Morgan fingerprint density at radius 3 is 1.50 bits per heavy atom. The molecule has 0 spiro atoms. The molecule has 3 aromatic rings. The van der Waals surface area contributed by atoms with E-state index in [1.165, 1.54) is 32.6 Å². The van der Waals surface area contributed by atoms with E-state index in [0.717, 1.165) is 53.9 Å². The van der Waals surface area contributed by atoms with Gasteiger partial charge in [0, 0.05) is 11.1 Å². The van der Waals surface area contributed by atoms with E-state index in [2.05, 4.69) is 45.9 Å². The molecule has 4 rings (SSSR count). The Morgan fingerprint density at radius 2 is 1.04 bits per heavy atom. The molecule has 0 radical (unpaired) electrons. The van der Waals surface area contributed by atoms with Crippen LogP contribution in [0.15, 0.2) is 109 Å². The van der Waals surface area contributed by atoms with Crippen LogP contribution in [0.3, 0.4) is 0 Å². The number of carbonyl (C=O) groups is 5. The predicted molar refractivity (Wildman–Crippen MR) is 295 cm³/mol. The quantitative estimate of drug-likeness (QED) is 0.0189. The van der Waals surface area contributed by atoms with Crippen molar-refractivity contribution in [2.45, 2.75) is 110 Å². The van der Waals surface area contributed by atoms with Crippen LogP contribution in [0.1, 0.15) is 113 Å². The summed E-state index contributed by atoms with van der Waals surface area (Å²) < 4.78 is 50.5. The summed E-state index contributed by atoms with van der Waals surface area (Å²) in [5.74, 6) is -3.43. The van der Waals surface area contributed by atoms with Gasteiger partial charge in [0.25, 0.3) is 0 Å². The molecule has 0 atom stereocenters. The second-order valence-electron chi connectivity index (χ2n) is 20.1. The molecule has 0 heterocycles. The highest BCUT2D eigenvalue weighted by atomic mass is 19.1. The van der Waals surface area contributed by atoms with Gasteiger partial charge in [0.15, 0.2) is 0 Å². The molecule has 16 heteroatoms. The van der Waals surface area contributed by atoms with Crippen molar-refractivity contribution >= 4 is 29.8 Å². The van der Waals surface area contributed by atoms with E-state index in [9.17, 15) is 44.4 Å². The number of rotatable bonds is 34. The molecule has 4 N–H and O–H groups in total. The van der Waals surface area contributed by atoms with Gasteiger partial charge in [0.2, 0.25) is 0 Å². The molecule has 0 saturated heterocycles. The second-order valence-corrected chi connectivity index (χ2v) is 20.1. The lowest BCUT2D eigenvalue weighted by molar-refractivity contribution is -0.160. The van der Waals surface area contributed by atoms with Gasteiger partial charge in [0.1, 0.15) is 43.4 Å². The van der Waals surface area contributed by atoms with Gasteiger partial charge in [-0.2, -0.15) is 0 Å². The van der Waals surface area contributed by atoms with Crippen LogP contribution in [-0.4, -0.2) is 116 Å². The smallest absolute Gasteiger partial charge is 0.335 e. The number of benzene rings is 3. The predicted octanol–water partition coefficient (Wildman–Crippen LogP) is 9.29. The van der Waals surface area contributed by atoms with E-state index in [-0.39, 0.29) is 78.3 Å². The van der Waals surface area contributed by atoms with Crippen molar-refractivity contribution in [2.24, 2.45) is 11.3 Å². The molecule has 424 valence electrons. The summed E-state index contributed by atoms with van der Waals surface area (Å²) in [6, 6.07) is 15.2. The number of ether oxygens (including phenoxy) is 6. The van der Waals surface area contributed by atoms with E-state index in [1.54, 1.807) is 6.07 Å². The summed E-state index contributed by atoms with van der Waals surface area (Å²) in [5.41, 5.74) is 3.17. The van der Waals surface area contributed by atoms with Crippen LogP contribution in [0.5, 0.6) is 5.75 Å². The maximum Gasteiger partial charge on any atom is 0.335 e. The Kier molecular flexibility index (Phi) is 26.4. The Balaban J connectivity index is 1.86. The van der Waals surface area contributed by atoms with Crippen LogP contribution in [0.25, 0.3) is 22.3 Å². The zero-order valence-corrected chi connectivity index (χ0v) is 45.7. The van der Waals surface area contributed by atoms with Crippen LogP contribution < -0.4 is 4.74 Å². The van der Waals surface area contributed by atoms with Gasteiger partial charge in [-0.25, -0.2) is 28.4 Å². The van der Waals surface area contributed by atoms with Crippen LogP contribution in [0.4, 0.5) is 4.39 Å². The van der Waals surface area contributed by atoms with Gasteiger partial charge in [-0.3, -0.25) is 0 Å². The average molecular weight is 1080 g/mol. The molecule has 0 amide bonds. The summed E-state index contributed by atoms with van der Waals surface area (Å²) in [6.45, 7) is 18.0. The molecule has 78 heavy (non-hydrogen) atoms. The van der Waals surface area contributed by atoms with Crippen LogP contribution >= 0.6 is 0 Å². The number of aliphatic hydroxyl groups is 4. The highest BCUT2D eigenvalue weighted by Gasteiger charge is 2.39. The van der Waals surface area contributed by atoms with Crippen molar-refractivity contribution in [3.63, 3.8) is 0 Å². The lowest BCUT2D eigenvalue weighted by Gasteiger charge is -2.33. The van der Waals surface area contributed by atoms with Crippen molar-refractivity contribution in [1.29, 1.82) is 0 Å². The number of halogens is 1. The molecular weight excluding hydrogens is 1000 g/mol. The number of carbonyl (C=O) groups excluding carboxylic acids is 5. The molecule has 0 aromatic heterocycles. The summed E-state index contributed by atoms with van der Waals surface area (Å²) >= 11 is 0. The van der Waals surface area contributed by atoms with Crippen LogP contribution in [0, 0.1) is 17.2 Å². The molecule has 1 saturated carbocycles. The second kappa shape index (κ2) is 32.2. The third-order valence-corrected chi connectivity index (χ3v) is 13.8. The fraction of sp³-hybridized carbons (Fsp3) is 0.468. The van der Waals surface area contributed by atoms with Gasteiger partial charge in [-0.1, -0.05) is 103 Å². The largest absolute Gasteiger partial charge is 0.492 e. The number of unbranched alkanes of at least 4 members (excludes halogenated alkanes) is 2. The standard InChI is InChI=1S/C62H79FO15/c1-9-11-12-15-45-18-20-47(21-19-45)48-22-25-54(55(63)31-48)49-23-24-53(46(10-2)28-49)52-29-50(16-13-26-73-57(68)40(3)4)56(51(30-52)17-14-27-74-58(69)41(5)32-64)75-36-62(37-76-59(70)42(6)33-65,38-77-60(71)43(7)34-66)39-78-61(72)44(8)35-67/h22-25,28-31,45,47,64-67H,3,5-21,26-27,32-39H2,1-2,4H3. The summed E-state index contributed by atoms with van der Waals surface area (Å²) in [5, 5.41) is 38.4.